The second kappa shape index (κ2) is 4.78. The van der Waals surface area contributed by atoms with Crippen LogP contribution in [0.5, 0.6) is 5.75 Å². The molecule has 3 rings (SSSR count). The number of methoxy groups -OCH3 is 1. The first kappa shape index (κ1) is 11.8. The predicted molar refractivity (Wildman–Crippen MR) is 78.2 cm³/mol. The van der Waals surface area contributed by atoms with Crippen molar-refractivity contribution in [3.8, 4) is 17.0 Å². The van der Waals surface area contributed by atoms with Gasteiger partial charge >= 0.3 is 0 Å². The fourth-order valence-corrected chi connectivity index (χ4v) is 2.42. The summed E-state index contributed by atoms with van der Waals surface area (Å²) in [6.45, 7) is 0.469. The maximum atomic E-state index is 5.76. The summed E-state index contributed by atoms with van der Waals surface area (Å²) >= 11 is 0. The summed E-state index contributed by atoms with van der Waals surface area (Å²) in [5.41, 5.74) is 9.99. The topological polar surface area (TPSA) is 51.0 Å². The van der Waals surface area contributed by atoms with Gasteiger partial charge in [0.2, 0.25) is 0 Å². The lowest BCUT2D eigenvalue weighted by molar-refractivity contribution is 0.411. The maximum Gasteiger partial charge on any atom is 0.132 e. The average molecular weight is 252 g/mol. The Morgan fingerprint density at radius 2 is 1.95 bits per heavy atom. The van der Waals surface area contributed by atoms with Crippen LogP contribution in [0.1, 0.15) is 5.56 Å². The number of nitrogens with one attached hydrogen (secondary N) is 1. The minimum atomic E-state index is 0.469. The second-order valence-corrected chi connectivity index (χ2v) is 4.47. The average Bonchev–Trinajstić information content (AvgIpc) is 2.89. The van der Waals surface area contributed by atoms with E-state index in [0.29, 0.717) is 6.54 Å². The Hall–Kier alpha value is -2.26. The smallest absolute Gasteiger partial charge is 0.132 e. The Morgan fingerprint density at radius 3 is 2.68 bits per heavy atom. The summed E-state index contributed by atoms with van der Waals surface area (Å²) < 4.78 is 5.52. The van der Waals surface area contributed by atoms with E-state index in [-0.39, 0.29) is 0 Å². The van der Waals surface area contributed by atoms with Gasteiger partial charge in [-0.2, -0.15) is 0 Å². The first-order valence-electron chi connectivity index (χ1n) is 6.27. The third-order valence-electron chi connectivity index (χ3n) is 3.34. The highest BCUT2D eigenvalue weighted by atomic mass is 16.5. The molecule has 3 N–H and O–H groups in total. The molecule has 0 aliphatic heterocycles. The van der Waals surface area contributed by atoms with Crippen LogP contribution in [0.3, 0.4) is 0 Å². The van der Waals surface area contributed by atoms with Crippen molar-refractivity contribution in [2.45, 2.75) is 6.54 Å². The van der Waals surface area contributed by atoms with Crippen LogP contribution >= 0.6 is 0 Å². The van der Waals surface area contributed by atoms with Gasteiger partial charge in [0.1, 0.15) is 5.75 Å². The molecule has 19 heavy (non-hydrogen) atoms. The molecule has 1 aromatic heterocycles. The van der Waals surface area contributed by atoms with E-state index in [2.05, 4.69) is 23.2 Å². The minimum absolute atomic E-state index is 0.469. The summed E-state index contributed by atoms with van der Waals surface area (Å²) in [5, 5.41) is 1.19. The number of nitrogens with two attached hydrogens (primary N) is 1. The van der Waals surface area contributed by atoms with Gasteiger partial charge in [0.15, 0.2) is 0 Å². The molecule has 0 atom stereocenters. The van der Waals surface area contributed by atoms with Crippen molar-refractivity contribution in [2.24, 2.45) is 5.73 Å². The molecule has 0 spiro atoms. The van der Waals surface area contributed by atoms with Crippen molar-refractivity contribution in [3.63, 3.8) is 0 Å². The van der Waals surface area contributed by atoms with Gasteiger partial charge in [-0.25, -0.2) is 0 Å². The molecule has 0 saturated heterocycles. The van der Waals surface area contributed by atoms with Gasteiger partial charge in [-0.15, -0.1) is 0 Å². The van der Waals surface area contributed by atoms with E-state index in [9.17, 15) is 0 Å². The van der Waals surface area contributed by atoms with Crippen LogP contribution in [0, 0.1) is 0 Å². The molecule has 0 bridgehead atoms. The van der Waals surface area contributed by atoms with E-state index in [0.717, 1.165) is 28.1 Å². The van der Waals surface area contributed by atoms with Gasteiger partial charge in [0.25, 0.3) is 0 Å². The van der Waals surface area contributed by atoms with E-state index in [1.54, 1.807) is 7.11 Å². The lowest BCUT2D eigenvalue weighted by Gasteiger charge is -2.11. The molecule has 0 radical (unpaired) electrons. The number of fused-ring (bicyclic) bond motifs is 1. The zero-order valence-electron chi connectivity index (χ0n) is 10.8. The van der Waals surface area contributed by atoms with E-state index < -0.39 is 0 Å². The number of aromatic nitrogens is 1. The Kier molecular flexibility index (Phi) is 2.97. The van der Waals surface area contributed by atoms with Gasteiger partial charge in [-0.05, 0) is 18.2 Å². The van der Waals surface area contributed by atoms with Crippen molar-refractivity contribution in [3.05, 3.63) is 54.1 Å². The second-order valence-electron chi connectivity index (χ2n) is 4.47. The number of ether oxygens (including phenoxy) is 1. The van der Waals surface area contributed by atoms with Crippen molar-refractivity contribution in [1.29, 1.82) is 0 Å². The molecular formula is C16H16N2O. The number of hydrogen-bond acceptors (Lipinski definition) is 2. The van der Waals surface area contributed by atoms with Gasteiger partial charge in [-0.1, -0.05) is 30.3 Å². The first-order valence-corrected chi connectivity index (χ1v) is 6.27. The Bertz CT molecular complexity index is 683. The summed E-state index contributed by atoms with van der Waals surface area (Å²) in [5.74, 6) is 0.844. The lowest BCUT2D eigenvalue weighted by atomic mass is 10.1. The van der Waals surface area contributed by atoms with E-state index >= 15 is 0 Å². The van der Waals surface area contributed by atoms with Crippen LogP contribution in [-0.4, -0.2) is 12.1 Å². The molecular weight excluding hydrogens is 236 g/mol. The van der Waals surface area contributed by atoms with Crippen LogP contribution in [-0.2, 0) is 6.54 Å². The quantitative estimate of drug-likeness (QED) is 0.751. The summed E-state index contributed by atoms with van der Waals surface area (Å²) in [6, 6.07) is 16.4. The van der Waals surface area contributed by atoms with Gasteiger partial charge in [0.05, 0.1) is 12.8 Å². The standard InChI is InChI=1S/C16H16N2O/c1-19-16-12(10-17)6-4-7-13(16)15-9-11-5-2-3-8-14(11)18-15/h2-9,18H,10,17H2,1H3. The number of benzene rings is 2. The lowest BCUT2D eigenvalue weighted by Crippen LogP contribution is -2.01. The number of hydrogen-bond donors (Lipinski definition) is 2. The van der Waals surface area contributed by atoms with E-state index in [4.69, 9.17) is 10.5 Å². The molecule has 0 aliphatic carbocycles. The zero-order valence-corrected chi connectivity index (χ0v) is 10.8. The molecule has 0 unspecified atom stereocenters. The third kappa shape index (κ3) is 1.98. The fraction of sp³-hybridized carbons (Fsp3) is 0.125. The van der Waals surface area contributed by atoms with Crippen LogP contribution in [0.2, 0.25) is 0 Å². The Morgan fingerprint density at radius 1 is 1.11 bits per heavy atom. The zero-order chi connectivity index (χ0) is 13.2. The molecule has 96 valence electrons. The highest BCUT2D eigenvalue weighted by Crippen LogP contribution is 2.34. The number of aromatic amines is 1. The van der Waals surface area contributed by atoms with Crippen LogP contribution in [0.25, 0.3) is 22.2 Å². The van der Waals surface area contributed by atoms with E-state index in [1.807, 2.05) is 30.3 Å². The van der Waals surface area contributed by atoms with Crippen molar-refractivity contribution < 1.29 is 4.74 Å². The fourth-order valence-electron chi connectivity index (χ4n) is 2.42. The predicted octanol–water partition coefficient (Wildman–Crippen LogP) is 3.30. The SMILES string of the molecule is COc1c(CN)cccc1-c1cc2ccccc2[nH]1. The molecule has 3 aromatic rings. The summed E-state index contributed by atoms with van der Waals surface area (Å²) in [4.78, 5) is 3.42. The highest BCUT2D eigenvalue weighted by molar-refractivity contribution is 5.87. The van der Waals surface area contributed by atoms with Crippen molar-refractivity contribution in [2.75, 3.05) is 7.11 Å². The molecule has 2 aromatic carbocycles. The van der Waals surface area contributed by atoms with Crippen LogP contribution < -0.4 is 10.5 Å². The molecule has 0 fully saturated rings. The van der Waals surface area contributed by atoms with Gasteiger partial charge in [0, 0.05) is 28.6 Å². The normalized spacial score (nSPS) is 10.8. The number of rotatable bonds is 3. The number of H-pyrrole nitrogens is 1. The first-order chi connectivity index (χ1) is 9.33. The maximum absolute atomic E-state index is 5.76. The van der Waals surface area contributed by atoms with Gasteiger partial charge in [-0.3, -0.25) is 0 Å². The Balaban J connectivity index is 2.20. The largest absolute Gasteiger partial charge is 0.496 e. The molecule has 3 heteroatoms. The molecule has 0 aliphatic rings. The summed E-state index contributed by atoms with van der Waals surface area (Å²) in [6.07, 6.45) is 0. The molecule has 0 saturated carbocycles. The van der Waals surface area contributed by atoms with Crippen molar-refractivity contribution >= 4 is 10.9 Å². The summed E-state index contributed by atoms with van der Waals surface area (Å²) in [7, 11) is 1.68. The minimum Gasteiger partial charge on any atom is -0.496 e. The third-order valence-corrected chi connectivity index (χ3v) is 3.34. The molecule has 1 heterocycles. The van der Waals surface area contributed by atoms with E-state index in [1.165, 1.54) is 5.39 Å². The molecule has 0 amide bonds. The Labute approximate surface area is 112 Å². The van der Waals surface area contributed by atoms with Crippen LogP contribution in [0.15, 0.2) is 48.5 Å². The molecule has 3 nitrogen and oxygen atoms in total. The van der Waals surface area contributed by atoms with Crippen LogP contribution in [0.4, 0.5) is 0 Å². The van der Waals surface area contributed by atoms with Crippen molar-refractivity contribution in [1.82, 2.24) is 4.98 Å². The number of para-hydroxylation sites is 2. The monoisotopic (exact) mass is 252 g/mol. The highest BCUT2D eigenvalue weighted by Gasteiger charge is 2.11. The van der Waals surface area contributed by atoms with Gasteiger partial charge < -0.3 is 15.5 Å².